The van der Waals surface area contributed by atoms with E-state index in [9.17, 15) is 4.79 Å². The van der Waals surface area contributed by atoms with E-state index in [1.807, 2.05) is 76.8 Å². The molecule has 0 aliphatic carbocycles. The Morgan fingerprint density at radius 3 is 2.81 bits per heavy atom. The van der Waals surface area contributed by atoms with Gasteiger partial charge in [-0.3, -0.25) is 9.20 Å². The molecule has 0 fully saturated rings. The molecule has 0 aliphatic rings. The van der Waals surface area contributed by atoms with E-state index in [-0.39, 0.29) is 5.91 Å². The highest BCUT2D eigenvalue weighted by molar-refractivity contribution is 7.15. The van der Waals surface area contributed by atoms with Gasteiger partial charge in [-0.05, 0) is 24.3 Å². The quantitative estimate of drug-likeness (QED) is 0.439. The van der Waals surface area contributed by atoms with Crippen molar-refractivity contribution in [2.24, 2.45) is 0 Å². The number of methoxy groups -OCH3 is 1. The van der Waals surface area contributed by atoms with Crippen LogP contribution >= 0.6 is 11.3 Å². The standard InChI is InChI=1S/C23H19N5O2S/c1-30-19-9-5-6-16(12-19)21-20(15-28(26-21)18-7-3-2-4-8-18)22(29)24-13-17-14-27-10-11-31-23(27)25-17/h2-12,14-15H,13H2,1H3,(H,24,29). The molecule has 154 valence electrons. The molecule has 1 amide bonds. The van der Waals surface area contributed by atoms with Crippen molar-refractivity contribution in [2.75, 3.05) is 7.11 Å². The summed E-state index contributed by atoms with van der Waals surface area (Å²) in [5, 5.41) is 9.66. The minimum atomic E-state index is -0.212. The summed E-state index contributed by atoms with van der Waals surface area (Å²) in [6.45, 7) is 0.335. The van der Waals surface area contributed by atoms with Crippen LogP contribution in [0, 0.1) is 0 Å². The Morgan fingerprint density at radius 1 is 1.13 bits per heavy atom. The number of nitrogens with zero attached hydrogens (tertiary/aromatic N) is 4. The third kappa shape index (κ3) is 3.80. The molecule has 31 heavy (non-hydrogen) atoms. The number of fused-ring (bicyclic) bond motifs is 1. The molecule has 0 aliphatic heterocycles. The highest BCUT2D eigenvalue weighted by Gasteiger charge is 2.19. The maximum atomic E-state index is 13.1. The van der Waals surface area contributed by atoms with E-state index in [2.05, 4.69) is 10.3 Å². The van der Waals surface area contributed by atoms with Crippen LogP contribution in [0.4, 0.5) is 0 Å². The second-order valence-electron chi connectivity index (χ2n) is 6.91. The number of rotatable bonds is 6. The zero-order valence-electron chi connectivity index (χ0n) is 16.7. The summed E-state index contributed by atoms with van der Waals surface area (Å²) in [6, 6.07) is 17.2. The number of amides is 1. The van der Waals surface area contributed by atoms with Crippen LogP contribution in [0.5, 0.6) is 5.75 Å². The molecule has 3 aromatic heterocycles. The smallest absolute Gasteiger partial charge is 0.255 e. The maximum Gasteiger partial charge on any atom is 0.255 e. The van der Waals surface area contributed by atoms with Crippen LogP contribution in [0.25, 0.3) is 21.9 Å². The summed E-state index contributed by atoms with van der Waals surface area (Å²) < 4.78 is 9.01. The molecule has 1 N–H and O–H groups in total. The van der Waals surface area contributed by atoms with Gasteiger partial charge in [0, 0.05) is 29.5 Å². The van der Waals surface area contributed by atoms with Crippen LogP contribution in [-0.4, -0.2) is 32.2 Å². The lowest BCUT2D eigenvalue weighted by atomic mass is 10.1. The van der Waals surface area contributed by atoms with Crippen LogP contribution in [0.1, 0.15) is 16.1 Å². The molecular weight excluding hydrogens is 410 g/mol. The van der Waals surface area contributed by atoms with Gasteiger partial charge in [-0.25, -0.2) is 9.67 Å². The molecule has 0 unspecified atom stereocenters. The van der Waals surface area contributed by atoms with Crippen molar-refractivity contribution in [3.8, 4) is 22.7 Å². The van der Waals surface area contributed by atoms with E-state index in [4.69, 9.17) is 9.84 Å². The second-order valence-corrected chi connectivity index (χ2v) is 7.78. The number of thiazole rings is 1. The molecule has 7 nitrogen and oxygen atoms in total. The monoisotopic (exact) mass is 429 g/mol. The average molecular weight is 430 g/mol. The van der Waals surface area contributed by atoms with Crippen LogP contribution in [0.2, 0.25) is 0 Å². The van der Waals surface area contributed by atoms with E-state index in [0.29, 0.717) is 23.6 Å². The first-order valence-corrected chi connectivity index (χ1v) is 10.6. The van der Waals surface area contributed by atoms with Gasteiger partial charge >= 0.3 is 0 Å². The average Bonchev–Trinajstić information content (AvgIpc) is 3.53. The minimum Gasteiger partial charge on any atom is -0.497 e. The Balaban J connectivity index is 1.48. The summed E-state index contributed by atoms with van der Waals surface area (Å²) in [4.78, 5) is 18.6. The number of aromatic nitrogens is 4. The van der Waals surface area contributed by atoms with Crippen molar-refractivity contribution < 1.29 is 9.53 Å². The Hall–Kier alpha value is -3.91. The Morgan fingerprint density at radius 2 is 2.00 bits per heavy atom. The molecule has 5 rings (SSSR count). The first-order valence-electron chi connectivity index (χ1n) is 9.70. The van der Waals surface area contributed by atoms with Crippen molar-refractivity contribution >= 4 is 22.2 Å². The lowest BCUT2D eigenvalue weighted by Gasteiger charge is -2.05. The first kappa shape index (κ1) is 19.1. The Labute approximate surface area is 182 Å². The number of imidazole rings is 1. The minimum absolute atomic E-state index is 0.212. The number of hydrogen-bond acceptors (Lipinski definition) is 5. The van der Waals surface area contributed by atoms with Gasteiger partial charge < -0.3 is 10.1 Å². The van der Waals surface area contributed by atoms with Gasteiger partial charge in [0.1, 0.15) is 11.4 Å². The van der Waals surface area contributed by atoms with Gasteiger partial charge in [0.2, 0.25) is 0 Å². The van der Waals surface area contributed by atoms with E-state index in [1.165, 1.54) is 0 Å². The molecule has 0 saturated heterocycles. The van der Waals surface area contributed by atoms with Crippen molar-refractivity contribution in [1.82, 2.24) is 24.5 Å². The fraction of sp³-hybridized carbons (Fsp3) is 0.0870. The topological polar surface area (TPSA) is 73.5 Å². The van der Waals surface area contributed by atoms with Gasteiger partial charge in [0.05, 0.1) is 30.6 Å². The number of nitrogens with one attached hydrogen (secondary N) is 1. The third-order valence-corrected chi connectivity index (χ3v) is 5.67. The summed E-state index contributed by atoms with van der Waals surface area (Å²) >= 11 is 1.56. The largest absolute Gasteiger partial charge is 0.497 e. The molecule has 3 heterocycles. The molecule has 0 spiro atoms. The third-order valence-electron chi connectivity index (χ3n) is 4.90. The fourth-order valence-electron chi connectivity index (χ4n) is 3.36. The van der Waals surface area contributed by atoms with Crippen molar-refractivity contribution in [3.63, 3.8) is 0 Å². The first-order chi connectivity index (χ1) is 15.2. The second kappa shape index (κ2) is 8.08. The van der Waals surface area contributed by atoms with Crippen molar-refractivity contribution in [1.29, 1.82) is 0 Å². The Bertz CT molecular complexity index is 1320. The lowest BCUT2D eigenvalue weighted by molar-refractivity contribution is 0.0951. The van der Waals surface area contributed by atoms with Gasteiger partial charge in [-0.1, -0.05) is 30.3 Å². The molecular formula is C23H19N5O2S. The number of para-hydroxylation sites is 1. The molecule has 0 atom stereocenters. The highest BCUT2D eigenvalue weighted by Crippen LogP contribution is 2.27. The van der Waals surface area contributed by atoms with Crippen molar-refractivity contribution in [2.45, 2.75) is 6.54 Å². The SMILES string of the molecule is COc1cccc(-c2nn(-c3ccccc3)cc2C(=O)NCc2cn3ccsc3n2)c1. The molecule has 0 bridgehead atoms. The van der Waals surface area contributed by atoms with Crippen LogP contribution in [0.15, 0.2) is 78.6 Å². The van der Waals surface area contributed by atoms with Crippen molar-refractivity contribution in [3.05, 3.63) is 89.8 Å². The molecule has 5 aromatic rings. The summed E-state index contributed by atoms with van der Waals surface area (Å²) in [5.74, 6) is 0.493. The zero-order valence-corrected chi connectivity index (χ0v) is 17.5. The van der Waals surface area contributed by atoms with Crippen LogP contribution in [-0.2, 0) is 6.54 Å². The number of benzene rings is 2. The summed E-state index contributed by atoms with van der Waals surface area (Å²) in [5.41, 5.74) is 3.56. The molecule has 0 radical (unpaired) electrons. The predicted molar refractivity (Wildman–Crippen MR) is 120 cm³/mol. The van der Waals surface area contributed by atoms with E-state index in [0.717, 1.165) is 21.9 Å². The van der Waals surface area contributed by atoms with Gasteiger partial charge in [-0.2, -0.15) is 5.10 Å². The van der Waals surface area contributed by atoms with E-state index in [1.54, 1.807) is 29.3 Å². The highest BCUT2D eigenvalue weighted by atomic mass is 32.1. The van der Waals surface area contributed by atoms with Crippen LogP contribution in [0.3, 0.4) is 0 Å². The van der Waals surface area contributed by atoms with Gasteiger partial charge in [-0.15, -0.1) is 11.3 Å². The lowest BCUT2D eigenvalue weighted by Crippen LogP contribution is -2.23. The number of hydrogen-bond donors (Lipinski definition) is 1. The van der Waals surface area contributed by atoms with E-state index < -0.39 is 0 Å². The maximum absolute atomic E-state index is 13.1. The van der Waals surface area contributed by atoms with Gasteiger partial charge in [0.15, 0.2) is 4.96 Å². The zero-order chi connectivity index (χ0) is 21.2. The summed E-state index contributed by atoms with van der Waals surface area (Å²) in [7, 11) is 1.62. The fourth-order valence-corrected chi connectivity index (χ4v) is 4.08. The number of carbonyl (C=O) groups is 1. The van der Waals surface area contributed by atoms with Crippen LogP contribution < -0.4 is 10.1 Å². The molecule has 0 saturated carbocycles. The number of ether oxygens (including phenoxy) is 1. The number of carbonyl (C=O) groups excluding carboxylic acids is 1. The predicted octanol–water partition coefficient (Wildman–Crippen LogP) is 4.19. The molecule has 8 heteroatoms. The summed E-state index contributed by atoms with van der Waals surface area (Å²) in [6.07, 6.45) is 5.62. The Kier molecular flexibility index (Phi) is 4.97. The normalized spacial score (nSPS) is 11.0. The van der Waals surface area contributed by atoms with Gasteiger partial charge in [0.25, 0.3) is 5.91 Å². The molecule has 2 aromatic carbocycles. The van der Waals surface area contributed by atoms with E-state index >= 15 is 0 Å².